The highest BCUT2D eigenvalue weighted by Gasteiger charge is 1.91. The molecule has 0 aromatic carbocycles. The fourth-order valence-electron chi connectivity index (χ4n) is 1.23. The molecular formula is C10H18ClN3O. The number of imidazole rings is 1. The molecule has 4 nitrogen and oxygen atoms in total. The minimum atomic E-state index is 0.570. The smallest absolute Gasteiger partial charge is 0.0945 e. The van der Waals surface area contributed by atoms with Crippen LogP contribution in [0.1, 0.15) is 6.42 Å². The number of ether oxygens (including phenoxy) is 1. The van der Waals surface area contributed by atoms with Gasteiger partial charge in [0.25, 0.3) is 0 Å². The van der Waals surface area contributed by atoms with Gasteiger partial charge in [0.1, 0.15) is 0 Å². The largest absolute Gasteiger partial charge is 0.379 e. The van der Waals surface area contributed by atoms with Crippen LogP contribution in [0.4, 0.5) is 0 Å². The van der Waals surface area contributed by atoms with Gasteiger partial charge >= 0.3 is 0 Å². The number of hydrogen-bond donors (Lipinski definition) is 1. The molecule has 0 amide bonds. The Balaban J connectivity index is 1.81. The molecule has 0 aliphatic heterocycles. The van der Waals surface area contributed by atoms with E-state index in [0.29, 0.717) is 12.5 Å². The van der Waals surface area contributed by atoms with Gasteiger partial charge < -0.3 is 14.6 Å². The van der Waals surface area contributed by atoms with E-state index in [4.69, 9.17) is 16.3 Å². The summed E-state index contributed by atoms with van der Waals surface area (Å²) in [4.78, 5) is 3.98. The minimum absolute atomic E-state index is 0.570. The van der Waals surface area contributed by atoms with Crippen LogP contribution in [0, 0.1) is 0 Å². The van der Waals surface area contributed by atoms with E-state index in [2.05, 4.69) is 14.9 Å². The van der Waals surface area contributed by atoms with Crippen molar-refractivity contribution in [2.24, 2.45) is 0 Å². The Morgan fingerprint density at radius 1 is 1.33 bits per heavy atom. The molecule has 86 valence electrons. The fourth-order valence-corrected chi connectivity index (χ4v) is 1.34. The van der Waals surface area contributed by atoms with Crippen LogP contribution in [0.2, 0.25) is 0 Å². The SMILES string of the molecule is ClCCOCCNCCCn1ccnc1. The number of rotatable bonds is 9. The van der Waals surface area contributed by atoms with Crippen molar-refractivity contribution in [3.8, 4) is 0 Å². The Kier molecular flexibility index (Phi) is 7.25. The van der Waals surface area contributed by atoms with Crippen molar-refractivity contribution in [1.82, 2.24) is 14.9 Å². The summed E-state index contributed by atoms with van der Waals surface area (Å²) in [5.74, 6) is 0.570. The molecule has 0 unspecified atom stereocenters. The zero-order chi connectivity index (χ0) is 10.8. The Bertz CT molecular complexity index is 229. The first-order valence-electron chi connectivity index (χ1n) is 5.23. The van der Waals surface area contributed by atoms with Crippen molar-refractivity contribution < 1.29 is 4.74 Å². The summed E-state index contributed by atoms with van der Waals surface area (Å²) in [6.45, 7) is 4.27. The van der Waals surface area contributed by atoms with Gasteiger partial charge in [-0.2, -0.15) is 0 Å². The van der Waals surface area contributed by atoms with Crippen LogP contribution in [0.15, 0.2) is 18.7 Å². The van der Waals surface area contributed by atoms with Gasteiger partial charge in [0, 0.05) is 31.4 Å². The Labute approximate surface area is 95.6 Å². The van der Waals surface area contributed by atoms with Gasteiger partial charge in [0.05, 0.1) is 19.5 Å². The molecule has 5 heteroatoms. The van der Waals surface area contributed by atoms with Crippen LogP contribution in [-0.4, -0.2) is 41.7 Å². The van der Waals surface area contributed by atoms with E-state index in [1.807, 2.05) is 12.5 Å². The Morgan fingerprint density at radius 3 is 3.00 bits per heavy atom. The van der Waals surface area contributed by atoms with E-state index in [1.165, 1.54) is 0 Å². The summed E-state index contributed by atoms with van der Waals surface area (Å²) in [6, 6.07) is 0. The average molecular weight is 232 g/mol. The molecule has 15 heavy (non-hydrogen) atoms. The number of halogens is 1. The maximum Gasteiger partial charge on any atom is 0.0945 e. The van der Waals surface area contributed by atoms with Crippen LogP contribution < -0.4 is 5.32 Å². The first-order valence-corrected chi connectivity index (χ1v) is 5.77. The first-order chi connectivity index (χ1) is 7.43. The van der Waals surface area contributed by atoms with Crippen molar-refractivity contribution in [2.75, 3.05) is 32.2 Å². The number of aryl methyl sites for hydroxylation is 1. The van der Waals surface area contributed by atoms with E-state index < -0.39 is 0 Å². The molecule has 0 saturated heterocycles. The minimum Gasteiger partial charge on any atom is -0.379 e. The molecule has 1 aromatic heterocycles. The maximum atomic E-state index is 5.47. The predicted octanol–water partition coefficient (Wildman–Crippen LogP) is 1.12. The van der Waals surface area contributed by atoms with Crippen molar-refractivity contribution in [1.29, 1.82) is 0 Å². The molecule has 0 radical (unpaired) electrons. The van der Waals surface area contributed by atoms with Crippen molar-refractivity contribution in [2.45, 2.75) is 13.0 Å². The normalized spacial score (nSPS) is 10.7. The molecule has 1 heterocycles. The Morgan fingerprint density at radius 2 is 2.27 bits per heavy atom. The van der Waals surface area contributed by atoms with E-state index >= 15 is 0 Å². The number of nitrogens with zero attached hydrogens (tertiary/aromatic N) is 2. The molecule has 0 fully saturated rings. The number of aromatic nitrogens is 2. The van der Waals surface area contributed by atoms with Crippen molar-refractivity contribution in [3.63, 3.8) is 0 Å². The quantitative estimate of drug-likeness (QED) is 0.511. The molecule has 0 aliphatic rings. The van der Waals surface area contributed by atoms with Crippen LogP contribution in [0.25, 0.3) is 0 Å². The zero-order valence-electron chi connectivity index (χ0n) is 8.86. The summed E-state index contributed by atoms with van der Waals surface area (Å²) < 4.78 is 7.30. The Hall–Kier alpha value is -0.580. The van der Waals surface area contributed by atoms with Gasteiger partial charge in [-0.25, -0.2) is 4.98 Å². The molecule has 1 aromatic rings. The van der Waals surface area contributed by atoms with E-state index in [1.54, 1.807) is 6.20 Å². The lowest BCUT2D eigenvalue weighted by molar-refractivity contribution is 0.151. The number of alkyl halides is 1. The first kappa shape index (κ1) is 12.5. The van der Waals surface area contributed by atoms with Gasteiger partial charge in [0.2, 0.25) is 0 Å². The van der Waals surface area contributed by atoms with Crippen LogP contribution in [-0.2, 0) is 11.3 Å². The summed E-state index contributed by atoms with van der Waals surface area (Å²) in [7, 11) is 0. The second-order valence-electron chi connectivity index (χ2n) is 3.21. The maximum absolute atomic E-state index is 5.47. The summed E-state index contributed by atoms with van der Waals surface area (Å²) in [5.41, 5.74) is 0. The third kappa shape index (κ3) is 6.49. The molecule has 0 aliphatic carbocycles. The molecule has 1 rings (SSSR count). The lowest BCUT2D eigenvalue weighted by Gasteiger charge is -2.05. The highest BCUT2D eigenvalue weighted by atomic mass is 35.5. The molecular weight excluding hydrogens is 214 g/mol. The molecule has 0 saturated carbocycles. The summed E-state index contributed by atoms with van der Waals surface area (Å²) >= 11 is 5.47. The van der Waals surface area contributed by atoms with Gasteiger partial charge in [-0.05, 0) is 13.0 Å². The molecule has 0 atom stereocenters. The lowest BCUT2D eigenvalue weighted by atomic mass is 10.4. The molecule has 0 spiro atoms. The van der Waals surface area contributed by atoms with E-state index in [0.717, 1.165) is 32.7 Å². The summed E-state index contributed by atoms with van der Waals surface area (Å²) in [6.07, 6.45) is 6.71. The van der Waals surface area contributed by atoms with Crippen LogP contribution >= 0.6 is 11.6 Å². The van der Waals surface area contributed by atoms with Gasteiger partial charge in [0.15, 0.2) is 0 Å². The van der Waals surface area contributed by atoms with E-state index in [-0.39, 0.29) is 0 Å². The molecule has 1 N–H and O–H groups in total. The predicted molar refractivity (Wildman–Crippen MR) is 61.3 cm³/mol. The second-order valence-corrected chi connectivity index (χ2v) is 3.58. The third-order valence-corrected chi connectivity index (χ3v) is 2.13. The van der Waals surface area contributed by atoms with E-state index in [9.17, 15) is 0 Å². The van der Waals surface area contributed by atoms with Gasteiger partial charge in [-0.15, -0.1) is 11.6 Å². The fraction of sp³-hybridized carbons (Fsp3) is 0.700. The van der Waals surface area contributed by atoms with Crippen molar-refractivity contribution in [3.05, 3.63) is 18.7 Å². The second kappa shape index (κ2) is 8.71. The topological polar surface area (TPSA) is 39.1 Å². The lowest BCUT2D eigenvalue weighted by Crippen LogP contribution is -2.22. The van der Waals surface area contributed by atoms with Crippen LogP contribution in [0.5, 0.6) is 0 Å². The standard InChI is InChI=1S/C10H18ClN3O/c11-2-8-15-9-5-12-3-1-6-14-7-4-13-10-14/h4,7,10,12H,1-3,5-6,8-9H2. The molecule has 0 bridgehead atoms. The third-order valence-electron chi connectivity index (χ3n) is 1.97. The highest BCUT2D eigenvalue weighted by Crippen LogP contribution is 1.88. The summed E-state index contributed by atoms with van der Waals surface area (Å²) in [5, 5.41) is 3.30. The van der Waals surface area contributed by atoms with Gasteiger partial charge in [-0.1, -0.05) is 0 Å². The zero-order valence-corrected chi connectivity index (χ0v) is 9.62. The monoisotopic (exact) mass is 231 g/mol. The number of nitrogens with one attached hydrogen (secondary N) is 1. The van der Waals surface area contributed by atoms with Crippen molar-refractivity contribution >= 4 is 11.6 Å². The highest BCUT2D eigenvalue weighted by molar-refractivity contribution is 6.17. The number of hydrogen-bond acceptors (Lipinski definition) is 3. The van der Waals surface area contributed by atoms with Crippen LogP contribution in [0.3, 0.4) is 0 Å². The average Bonchev–Trinajstić information content (AvgIpc) is 2.75. The van der Waals surface area contributed by atoms with Gasteiger partial charge in [-0.3, -0.25) is 0 Å².